The molecule has 0 aromatic carbocycles. The number of amides is 2. The lowest BCUT2D eigenvalue weighted by Gasteiger charge is -2.12. The van der Waals surface area contributed by atoms with Gasteiger partial charge in [-0.1, -0.05) is 0 Å². The number of nitrogens with one attached hydrogen (secondary N) is 1. The fourth-order valence-corrected chi connectivity index (χ4v) is 2.06. The highest BCUT2D eigenvalue weighted by Crippen LogP contribution is 2.22. The van der Waals surface area contributed by atoms with Gasteiger partial charge in [0.1, 0.15) is 5.00 Å². The Morgan fingerprint density at radius 3 is 2.82 bits per heavy atom. The van der Waals surface area contributed by atoms with Crippen LogP contribution >= 0.6 is 11.3 Å². The second kappa shape index (κ2) is 6.33. The van der Waals surface area contributed by atoms with Crippen LogP contribution in [0.1, 0.15) is 16.8 Å². The zero-order valence-electron chi connectivity index (χ0n) is 9.43. The van der Waals surface area contributed by atoms with E-state index in [-0.39, 0.29) is 25.0 Å². The van der Waals surface area contributed by atoms with Crippen LogP contribution in [-0.2, 0) is 9.53 Å². The van der Waals surface area contributed by atoms with Crippen molar-refractivity contribution in [1.29, 1.82) is 0 Å². The molecule has 0 fully saturated rings. The molecule has 0 aliphatic heterocycles. The number of methoxy groups -OCH3 is 1. The van der Waals surface area contributed by atoms with Crippen molar-refractivity contribution in [2.45, 2.75) is 12.5 Å². The van der Waals surface area contributed by atoms with Crippen LogP contribution in [0.3, 0.4) is 0 Å². The Kier molecular flexibility index (Phi) is 5.08. The van der Waals surface area contributed by atoms with Crippen LogP contribution in [0.5, 0.6) is 0 Å². The summed E-state index contributed by atoms with van der Waals surface area (Å²) in [6.45, 7) is 0.261. The van der Waals surface area contributed by atoms with Gasteiger partial charge in [-0.25, -0.2) is 0 Å². The van der Waals surface area contributed by atoms with Crippen LogP contribution in [-0.4, -0.2) is 31.6 Å². The Labute approximate surface area is 103 Å². The zero-order chi connectivity index (χ0) is 12.8. The largest absolute Gasteiger partial charge is 0.380 e. The molecule has 0 saturated heterocycles. The predicted octanol–water partition coefficient (Wildman–Crippen LogP) is 0.149. The molecular weight excluding hydrogens is 242 g/mol. The van der Waals surface area contributed by atoms with Crippen LogP contribution < -0.4 is 16.8 Å². The van der Waals surface area contributed by atoms with Crippen molar-refractivity contribution in [2.24, 2.45) is 11.5 Å². The van der Waals surface area contributed by atoms with Crippen LogP contribution in [0.2, 0.25) is 0 Å². The standard InChI is InChI=1S/C10H15N3O3S/c1-16-6(5-11)4-8(14)13-10-7(9(12)15)2-3-17-10/h2-3,6H,4-5,11H2,1H3,(H2,12,15)(H,13,14). The number of carbonyl (C=O) groups is 2. The molecule has 1 aromatic heterocycles. The lowest BCUT2D eigenvalue weighted by Crippen LogP contribution is -2.28. The van der Waals surface area contributed by atoms with E-state index in [1.165, 1.54) is 18.4 Å². The summed E-state index contributed by atoms with van der Waals surface area (Å²) in [6, 6.07) is 1.57. The van der Waals surface area contributed by atoms with Gasteiger partial charge in [-0.05, 0) is 11.4 Å². The maximum absolute atomic E-state index is 11.6. The number of ether oxygens (including phenoxy) is 1. The molecule has 0 radical (unpaired) electrons. The Bertz CT molecular complexity index is 401. The SMILES string of the molecule is COC(CN)CC(=O)Nc1sccc1C(N)=O. The van der Waals surface area contributed by atoms with Gasteiger partial charge in [0.2, 0.25) is 5.91 Å². The van der Waals surface area contributed by atoms with Gasteiger partial charge in [0.25, 0.3) is 5.91 Å². The normalized spacial score (nSPS) is 12.1. The van der Waals surface area contributed by atoms with Gasteiger partial charge >= 0.3 is 0 Å². The molecule has 2 amide bonds. The van der Waals surface area contributed by atoms with Gasteiger partial charge in [-0.3, -0.25) is 9.59 Å². The molecule has 5 N–H and O–H groups in total. The summed E-state index contributed by atoms with van der Waals surface area (Å²) in [7, 11) is 1.49. The topological polar surface area (TPSA) is 107 Å². The number of nitrogens with two attached hydrogens (primary N) is 2. The van der Waals surface area contributed by atoms with Crippen molar-refractivity contribution in [3.05, 3.63) is 17.0 Å². The van der Waals surface area contributed by atoms with E-state index in [9.17, 15) is 9.59 Å². The summed E-state index contributed by atoms with van der Waals surface area (Å²) in [6.07, 6.45) is -0.185. The van der Waals surface area contributed by atoms with E-state index >= 15 is 0 Å². The van der Waals surface area contributed by atoms with Crippen molar-refractivity contribution in [3.8, 4) is 0 Å². The quantitative estimate of drug-likeness (QED) is 0.674. The van der Waals surface area contributed by atoms with Crippen LogP contribution in [0, 0.1) is 0 Å². The summed E-state index contributed by atoms with van der Waals surface area (Å²) >= 11 is 1.24. The summed E-state index contributed by atoms with van der Waals surface area (Å²) in [5.74, 6) is -0.823. The second-order valence-corrected chi connectivity index (χ2v) is 4.29. The van der Waals surface area contributed by atoms with Gasteiger partial charge in [0, 0.05) is 13.7 Å². The molecule has 1 unspecified atom stereocenters. The highest BCUT2D eigenvalue weighted by Gasteiger charge is 2.15. The Hall–Kier alpha value is -1.44. The summed E-state index contributed by atoms with van der Waals surface area (Å²) in [4.78, 5) is 22.7. The molecule has 1 aromatic rings. The van der Waals surface area contributed by atoms with Crippen molar-refractivity contribution >= 4 is 28.2 Å². The average Bonchev–Trinajstić information content (AvgIpc) is 2.74. The maximum Gasteiger partial charge on any atom is 0.251 e. The lowest BCUT2D eigenvalue weighted by atomic mass is 10.2. The molecule has 1 rings (SSSR count). The van der Waals surface area contributed by atoms with Crippen molar-refractivity contribution < 1.29 is 14.3 Å². The van der Waals surface area contributed by atoms with E-state index in [2.05, 4.69) is 5.32 Å². The Morgan fingerprint density at radius 2 is 2.29 bits per heavy atom. The zero-order valence-corrected chi connectivity index (χ0v) is 10.3. The number of thiophene rings is 1. The molecular formula is C10H15N3O3S. The number of primary amides is 1. The van der Waals surface area contributed by atoms with E-state index in [1.54, 1.807) is 11.4 Å². The average molecular weight is 257 g/mol. The van der Waals surface area contributed by atoms with Gasteiger partial charge in [0.05, 0.1) is 18.1 Å². The molecule has 1 heterocycles. The molecule has 0 aliphatic carbocycles. The highest BCUT2D eigenvalue weighted by atomic mass is 32.1. The molecule has 6 nitrogen and oxygen atoms in total. The second-order valence-electron chi connectivity index (χ2n) is 3.37. The Balaban J connectivity index is 2.62. The molecule has 17 heavy (non-hydrogen) atoms. The Morgan fingerprint density at radius 1 is 1.59 bits per heavy atom. The molecule has 0 saturated carbocycles. The van der Waals surface area contributed by atoms with E-state index in [1.807, 2.05) is 0 Å². The summed E-state index contributed by atoms with van der Waals surface area (Å²) in [5, 5.41) is 4.75. The number of anilines is 1. The van der Waals surface area contributed by atoms with E-state index in [0.29, 0.717) is 10.6 Å². The minimum Gasteiger partial charge on any atom is -0.380 e. The first-order valence-corrected chi connectivity index (χ1v) is 5.86. The number of rotatable bonds is 6. The monoisotopic (exact) mass is 257 g/mol. The van der Waals surface area contributed by atoms with Crippen molar-refractivity contribution in [2.75, 3.05) is 19.0 Å². The van der Waals surface area contributed by atoms with Gasteiger partial charge in [-0.2, -0.15) is 0 Å². The first-order chi connectivity index (χ1) is 8.08. The third kappa shape index (κ3) is 3.81. The number of carbonyl (C=O) groups excluding carboxylic acids is 2. The summed E-state index contributed by atoms with van der Waals surface area (Å²) < 4.78 is 4.99. The maximum atomic E-state index is 11.6. The number of hydrogen-bond acceptors (Lipinski definition) is 5. The first kappa shape index (κ1) is 13.6. The third-order valence-corrected chi connectivity index (χ3v) is 3.02. The molecule has 0 spiro atoms. The van der Waals surface area contributed by atoms with Crippen LogP contribution in [0.15, 0.2) is 11.4 Å². The van der Waals surface area contributed by atoms with Gasteiger partial charge in [-0.15, -0.1) is 11.3 Å². The fraction of sp³-hybridized carbons (Fsp3) is 0.400. The van der Waals surface area contributed by atoms with E-state index in [0.717, 1.165) is 0 Å². The lowest BCUT2D eigenvalue weighted by molar-refractivity contribution is -0.118. The smallest absolute Gasteiger partial charge is 0.251 e. The number of hydrogen-bond donors (Lipinski definition) is 3. The molecule has 94 valence electrons. The first-order valence-electron chi connectivity index (χ1n) is 4.98. The van der Waals surface area contributed by atoms with Crippen LogP contribution in [0.4, 0.5) is 5.00 Å². The van der Waals surface area contributed by atoms with Gasteiger partial charge < -0.3 is 21.5 Å². The molecule has 0 bridgehead atoms. The minimum absolute atomic E-state index is 0.142. The van der Waals surface area contributed by atoms with Crippen molar-refractivity contribution in [3.63, 3.8) is 0 Å². The van der Waals surface area contributed by atoms with E-state index < -0.39 is 5.91 Å². The molecule has 0 aliphatic rings. The third-order valence-electron chi connectivity index (χ3n) is 2.19. The van der Waals surface area contributed by atoms with E-state index in [4.69, 9.17) is 16.2 Å². The minimum atomic E-state index is -0.566. The predicted molar refractivity (Wildman–Crippen MR) is 65.9 cm³/mol. The van der Waals surface area contributed by atoms with Gasteiger partial charge in [0.15, 0.2) is 0 Å². The molecule has 7 heteroatoms. The molecule has 1 atom stereocenters. The van der Waals surface area contributed by atoms with Crippen molar-refractivity contribution in [1.82, 2.24) is 0 Å². The summed E-state index contributed by atoms with van der Waals surface area (Å²) in [5.41, 5.74) is 10.9. The highest BCUT2D eigenvalue weighted by molar-refractivity contribution is 7.14. The van der Waals surface area contributed by atoms with Crippen LogP contribution in [0.25, 0.3) is 0 Å². The fourth-order valence-electron chi connectivity index (χ4n) is 1.25.